The molecule has 6 atom stereocenters. The molecule has 1 aliphatic heterocycles. The number of carboxylic acids is 1. The molecule has 0 spiro atoms. The number of carboxylic acid groups (broad SMARTS) is 1. The summed E-state index contributed by atoms with van der Waals surface area (Å²) in [4.78, 5) is 9.65. The Labute approximate surface area is 108 Å². The van der Waals surface area contributed by atoms with Gasteiger partial charge in [-0.3, -0.25) is 4.79 Å². The lowest BCUT2D eigenvalue weighted by molar-refractivity contribution is -0.286. The highest BCUT2D eigenvalue weighted by molar-refractivity contribution is 5.73. The number of rotatable bonds is 3. The van der Waals surface area contributed by atoms with E-state index in [2.05, 4.69) is 4.74 Å². The van der Waals surface area contributed by atoms with Crippen LogP contribution in [0.15, 0.2) is 0 Å². The van der Waals surface area contributed by atoms with E-state index >= 15 is 0 Å². The van der Waals surface area contributed by atoms with Crippen molar-refractivity contribution in [3.63, 3.8) is 0 Å². The molecule has 10 nitrogen and oxygen atoms in total. The van der Waals surface area contributed by atoms with E-state index < -0.39 is 55.9 Å². The van der Waals surface area contributed by atoms with Crippen LogP contribution in [-0.4, -0.2) is 91.7 Å². The van der Waals surface area contributed by atoms with E-state index in [0.717, 1.165) is 0 Å². The molecule has 1 fully saturated rings. The zero-order chi connectivity index (χ0) is 15.2. The Bertz CT molecular complexity index is 272. The van der Waals surface area contributed by atoms with Gasteiger partial charge in [0.15, 0.2) is 6.29 Å². The largest absolute Gasteiger partial charge is 0.480 e. The summed E-state index contributed by atoms with van der Waals surface area (Å²) in [6.45, 7) is -1.03. The van der Waals surface area contributed by atoms with Gasteiger partial charge in [-0.2, -0.15) is 0 Å². The number of ether oxygens (including phenoxy) is 1. The van der Waals surface area contributed by atoms with Crippen LogP contribution < -0.4 is 5.73 Å². The van der Waals surface area contributed by atoms with Crippen molar-refractivity contribution in [1.82, 2.24) is 0 Å². The zero-order valence-electron chi connectivity index (χ0n) is 9.90. The first-order valence-electron chi connectivity index (χ1n) is 5.34. The van der Waals surface area contributed by atoms with Gasteiger partial charge >= 0.3 is 5.97 Å². The van der Waals surface area contributed by atoms with Gasteiger partial charge in [-0.15, -0.1) is 0 Å². The third-order valence-electron chi connectivity index (χ3n) is 2.38. The van der Waals surface area contributed by atoms with Crippen LogP contribution in [0.3, 0.4) is 0 Å². The number of aliphatic hydroxyl groups is 6. The standard InChI is InChI=1S/C6H12O6.C3H7NO3/c7-1-2-3(8)4(9)5(10)6(11)12-2;4-2(1-5)3(6)7/h2-11H,1H2;2,5H,1,4H2,(H,6,7)/t2-,3-,4+,5-,6-;/m1./s1. The molecular formula is C9H19NO9. The number of hydrogen-bond acceptors (Lipinski definition) is 9. The Morgan fingerprint density at radius 1 is 1.11 bits per heavy atom. The molecule has 0 bridgehead atoms. The number of nitrogens with two attached hydrogens (primary N) is 1. The van der Waals surface area contributed by atoms with Crippen molar-refractivity contribution >= 4 is 5.97 Å². The molecule has 19 heavy (non-hydrogen) atoms. The minimum atomic E-state index is -1.57. The highest BCUT2D eigenvalue weighted by Crippen LogP contribution is 2.18. The minimum Gasteiger partial charge on any atom is -0.480 e. The van der Waals surface area contributed by atoms with Gasteiger partial charge < -0.3 is 46.2 Å². The SMILES string of the molecule is NC(CO)C(=O)O.OC[C@H]1O[C@@H](O)[C@H](O)[C@@H](O)[C@@H]1O. The zero-order valence-corrected chi connectivity index (χ0v) is 9.90. The molecule has 1 heterocycles. The van der Waals surface area contributed by atoms with Crippen LogP contribution >= 0.6 is 0 Å². The van der Waals surface area contributed by atoms with Crippen molar-refractivity contribution in [2.24, 2.45) is 5.73 Å². The molecule has 1 saturated heterocycles. The maximum atomic E-state index is 9.65. The molecule has 0 aliphatic carbocycles. The maximum absolute atomic E-state index is 9.65. The fourth-order valence-corrected chi connectivity index (χ4v) is 1.16. The van der Waals surface area contributed by atoms with Crippen molar-refractivity contribution in [2.45, 2.75) is 36.7 Å². The third kappa shape index (κ3) is 5.34. The smallest absolute Gasteiger partial charge is 0.322 e. The highest BCUT2D eigenvalue weighted by atomic mass is 16.6. The lowest BCUT2D eigenvalue weighted by Gasteiger charge is -2.37. The predicted octanol–water partition coefficient (Wildman–Crippen LogP) is -4.83. The lowest BCUT2D eigenvalue weighted by Crippen LogP contribution is -2.58. The van der Waals surface area contributed by atoms with E-state index in [-0.39, 0.29) is 0 Å². The van der Waals surface area contributed by atoms with Crippen LogP contribution in [-0.2, 0) is 9.53 Å². The van der Waals surface area contributed by atoms with Crippen molar-refractivity contribution in [2.75, 3.05) is 13.2 Å². The van der Waals surface area contributed by atoms with Gasteiger partial charge in [0.25, 0.3) is 0 Å². The summed E-state index contributed by atoms with van der Waals surface area (Å²) in [6, 6.07) is -1.13. The van der Waals surface area contributed by atoms with Gasteiger partial charge in [-0.25, -0.2) is 0 Å². The molecule has 0 aromatic heterocycles. The molecule has 1 rings (SSSR count). The number of aliphatic hydroxyl groups excluding tert-OH is 6. The maximum Gasteiger partial charge on any atom is 0.322 e. The fourth-order valence-electron chi connectivity index (χ4n) is 1.16. The van der Waals surface area contributed by atoms with E-state index in [9.17, 15) is 4.79 Å². The average molecular weight is 285 g/mol. The van der Waals surface area contributed by atoms with E-state index in [0.29, 0.717) is 0 Å². The number of carbonyl (C=O) groups is 1. The second-order valence-electron chi connectivity index (χ2n) is 3.85. The molecule has 0 amide bonds. The third-order valence-corrected chi connectivity index (χ3v) is 2.38. The van der Waals surface area contributed by atoms with Gasteiger partial charge in [0.1, 0.15) is 30.5 Å². The van der Waals surface area contributed by atoms with E-state index in [4.69, 9.17) is 41.5 Å². The monoisotopic (exact) mass is 285 g/mol. The van der Waals surface area contributed by atoms with Crippen molar-refractivity contribution < 1.29 is 45.3 Å². The molecule has 0 saturated carbocycles. The van der Waals surface area contributed by atoms with Crippen molar-refractivity contribution in [1.29, 1.82) is 0 Å². The fraction of sp³-hybridized carbons (Fsp3) is 0.889. The van der Waals surface area contributed by atoms with E-state index in [1.54, 1.807) is 0 Å². The summed E-state index contributed by atoms with van der Waals surface area (Å²) < 4.78 is 4.58. The van der Waals surface area contributed by atoms with Gasteiger partial charge in [0.2, 0.25) is 0 Å². The van der Waals surface area contributed by atoms with Crippen LogP contribution in [0.4, 0.5) is 0 Å². The molecule has 0 aromatic rings. The van der Waals surface area contributed by atoms with Crippen LogP contribution in [0.25, 0.3) is 0 Å². The molecule has 10 heteroatoms. The normalized spacial score (nSPS) is 36.1. The van der Waals surface area contributed by atoms with Gasteiger partial charge in [-0.1, -0.05) is 0 Å². The van der Waals surface area contributed by atoms with Crippen molar-refractivity contribution in [3.05, 3.63) is 0 Å². The topological polar surface area (TPSA) is 194 Å². The summed E-state index contributed by atoms with van der Waals surface area (Å²) in [5, 5.41) is 60.6. The first-order valence-corrected chi connectivity index (χ1v) is 5.34. The summed E-state index contributed by atoms with van der Waals surface area (Å²) in [5.74, 6) is -1.18. The molecule has 1 unspecified atom stereocenters. The van der Waals surface area contributed by atoms with Crippen LogP contribution in [0, 0.1) is 0 Å². The summed E-state index contributed by atoms with van der Waals surface area (Å²) >= 11 is 0. The molecule has 0 radical (unpaired) electrons. The minimum absolute atomic E-state index is 0.505. The summed E-state index contributed by atoms with van der Waals surface area (Å²) in [7, 11) is 0. The number of aliphatic carboxylic acids is 1. The van der Waals surface area contributed by atoms with Crippen LogP contribution in [0.1, 0.15) is 0 Å². The van der Waals surface area contributed by atoms with Crippen LogP contribution in [0.5, 0.6) is 0 Å². The van der Waals surface area contributed by atoms with Gasteiger partial charge in [0, 0.05) is 0 Å². The predicted molar refractivity (Wildman–Crippen MR) is 58.7 cm³/mol. The quantitative estimate of drug-likeness (QED) is 0.249. The van der Waals surface area contributed by atoms with Gasteiger partial charge in [-0.05, 0) is 0 Å². The van der Waals surface area contributed by atoms with E-state index in [1.807, 2.05) is 0 Å². The first kappa shape index (κ1) is 18.1. The van der Waals surface area contributed by atoms with Crippen molar-refractivity contribution in [3.8, 4) is 0 Å². The van der Waals surface area contributed by atoms with Crippen LogP contribution in [0.2, 0.25) is 0 Å². The molecular weight excluding hydrogens is 266 g/mol. The highest BCUT2D eigenvalue weighted by Gasteiger charge is 2.42. The molecule has 9 N–H and O–H groups in total. The lowest BCUT2D eigenvalue weighted by atomic mass is 10.00. The average Bonchev–Trinajstić information content (AvgIpc) is 2.40. The Hall–Kier alpha value is -0.850. The number of hydrogen-bond donors (Lipinski definition) is 8. The first-order chi connectivity index (χ1) is 8.76. The Balaban J connectivity index is 0.000000399. The second-order valence-corrected chi connectivity index (χ2v) is 3.85. The second kappa shape index (κ2) is 8.35. The molecule has 0 aromatic carbocycles. The Morgan fingerprint density at radius 2 is 1.63 bits per heavy atom. The summed E-state index contributed by atoms with van der Waals surface area (Å²) in [5.41, 5.74) is 4.77. The Morgan fingerprint density at radius 3 is 1.95 bits per heavy atom. The van der Waals surface area contributed by atoms with E-state index in [1.165, 1.54) is 0 Å². The Kier molecular flexibility index (Phi) is 7.97. The molecule has 1 aliphatic rings. The molecule has 114 valence electrons. The van der Waals surface area contributed by atoms with Gasteiger partial charge in [0.05, 0.1) is 13.2 Å². The summed E-state index contributed by atoms with van der Waals surface area (Å²) in [6.07, 6.45) is -7.04.